The van der Waals surface area contributed by atoms with Crippen molar-refractivity contribution in [3.05, 3.63) is 59.7 Å². The molecule has 0 spiro atoms. The predicted octanol–water partition coefficient (Wildman–Crippen LogP) is 1.66. The standard InChI is InChI=1S/C18H21NO5S2/c1-13-8-9-16(10-14(13)2)26(23,24)19(15-6-4-3-5-7-15)17-11-25(21,22)12-18(17)20/h3-10,17-18,20H,11-12H2,1-2H3/t17-,18+/m1/s1. The number of hydrogen-bond donors (Lipinski definition) is 1. The fourth-order valence-corrected chi connectivity index (χ4v) is 6.73. The van der Waals surface area contributed by atoms with Crippen LogP contribution in [0.4, 0.5) is 5.69 Å². The maximum absolute atomic E-state index is 13.4. The van der Waals surface area contributed by atoms with E-state index in [4.69, 9.17) is 0 Å². The molecule has 2 aromatic carbocycles. The second kappa shape index (κ2) is 6.68. The number of rotatable bonds is 4. The fraction of sp³-hybridized carbons (Fsp3) is 0.333. The van der Waals surface area contributed by atoms with Gasteiger partial charge in [0.05, 0.1) is 34.2 Å². The van der Waals surface area contributed by atoms with Crippen LogP contribution in [0.25, 0.3) is 0 Å². The van der Waals surface area contributed by atoms with Crippen LogP contribution in [-0.4, -0.2) is 45.6 Å². The number of aliphatic hydroxyl groups is 1. The second-order valence-electron chi connectivity index (χ2n) is 6.59. The Bertz CT molecular complexity index is 1020. The fourth-order valence-electron chi connectivity index (χ4n) is 3.11. The summed E-state index contributed by atoms with van der Waals surface area (Å²) in [6.07, 6.45) is -1.28. The molecule has 1 aliphatic rings. The predicted molar refractivity (Wildman–Crippen MR) is 100 cm³/mol. The number of sulfone groups is 1. The van der Waals surface area contributed by atoms with Crippen LogP contribution in [0.2, 0.25) is 0 Å². The zero-order chi connectivity index (χ0) is 19.1. The summed E-state index contributed by atoms with van der Waals surface area (Å²) in [7, 11) is -7.56. The number of aryl methyl sites for hydroxylation is 2. The topological polar surface area (TPSA) is 91.8 Å². The minimum absolute atomic E-state index is 0.0703. The van der Waals surface area contributed by atoms with Crippen LogP contribution in [0, 0.1) is 13.8 Å². The summed E-state index contributed by atoms with van der Waals surface area (Å²) in [5, 5.41) is 10.3. The third-order valence-electron chi connectivity index (χ3n) is 4.64. The highest BCUT2D eigenvalue weighted by molar-refractivity contribution is 7.93. The molecule has 0 radical (unpaired) electrons. The van der Waals surface area contributed by atoms with Crippen molar-refractivity contribution in [1.82, 2.24) is 0 Å². The second-order valence-corrected chi connectivity index (χ2v) is 10.6. The summed E-state index contributed by atoms with van der Waals surface area (Å²) in [4.78, 5) is 0.0703. The Hall–Kier alpha value is -1.90. The van der Waals surface area contributed by atoms with Crippen molar-refractivity contribution in [2.45, 2.75) is 30.9 Å². The first kappa shape index (κ1) is 18.9. The van der Waals surface area contributed by atoms with Gasteiger partial charge in [0, 0.05) is 0 Å². The molecule has 0 saturated carbocycles. The van der Waals surface area contributed by atoms with Gasteiger partial charge in [0.15, 0.2) is 9.84 Å². The highest BCUT2D eigenvalue weighted by Crippen LogP contribution is 2.31. The smallest absolute Gasteiger partial charge is 0.264 e. The van der Waals surface area contributed by atoms with Crippen molar-refractivity contribution in [3.8, 4) is 0 Å². The molecule has 140 valence electrons. The zero-order valence-corrected chi connectivity index (χ0v) is 16.2. The summed E-state index contributed by atoms with van der Waals surface area (Å²) >= 11 is 0. The number of para-hydroxylation sites is 1. The lowest BCUT2D eigenvalue weighted by Gasteiger charge is -2.31. The molecule has 1 aliphatic heterocycles. The van der Waals surface area contributed by atoms with Gasteiger partial charge in [-0.15, -0.1) is 0 Å². The summed E-state index contributed by atoms with van der Waals surface area (Å²) in [5.41, 5.74) is 2.10. The SMILES string of the molecule is Cc1ccc(S(=O)(=O)N(c2ccccc2)[C@@H]2CS(=O)(=O)C[C@@H]2O)cc1C. The maximum Gasteiger partial charge on any atom is 0.264 e. The lowest BCUT2D eigenvalue weighted by Crippen LogP contribution is -2.47. The average Bonchev–Trinajstić information content (AvgIpc) is 2.83. The van der Waals surface area contributed by atoms with Crippen LogP contribution in [0.15, 0.2) is 53.4 Å². The Morgan fingerprint density at radius 1 is 1.00 bits per heavy atom. The van der Waals surface area contributed by atoms with E-state index in [9.17, 15) is 21.9 Å². The van der Waals surface area contributed by atoms with Crippen molar-refractivity contribution in [2.24, 2.45) is 0 Å². The summed E-state index contributed by atoms with van der Waals surface area (Å²) in [5.74, 6) is -0.851. The first-order valence-corrected chi connectivity index (χ1v) is 11.4. The Morgan fingerprint density at radius 2 is 1.65 bits per heavy atom. The van der Waals surface area contributed by atoms with Crippen LogP contribution in [-0.2, 0) is 19.9 Å². The van der Waals surface area contributed by atoms with E-state index in [2.05, 4.69) is 0 Å². The Kier molecular flexibility index (Phi) is 4.85. The minimum Gasteiger partial charge on any atom is -0.390 e. The molecule has 1 fully saturated rings. The third kappa shape index (κ3) is 3.49. The summed E-state index contributed by atoms with van der Waals surface area (Å²) < 4.78 is 51.7. The normalized spacial score (nSPS) is 22.3. The minimum atomic E-state index is -4.05. The van der Waals surface area contributed by atoms with Crippen LogP contribution < -0.4 is 4.31 Å². The number of hydrogen-bond acceptors (Lipinski definition) is 5. The van der Waals surface area contributed by atoms with Crippen LogP contribution in [0.1, 0.15) is 11.1 Å². The highest BCUT2D eigenvalue weighted by Gasteiger charge is 2.45. The number of benzene rings is 2. The highest BCUT2D eigenvalue weighted by atomic mass is 32.2. The summed E-state index contributed by atoms with van der Waals surface area (Å²) in [6, 6.07) is 12.0. The summed E-state index contributed by atoms with van der Waals surface area (Å²) in [6.45, 7) is 3.70. The Labute approximate surface area is 154 Å². The molecule has 26 heavy (non-hydrogen) atoms. The molecular formula is C18H21NO5S2. The van der Waals surface area contributed by atoms with Crippen LogP contribution in [0.5, 0.6) is 0 Å². The van der Waals surface area contributed by atoms with E-state index in [-0.39, 0.29) is 4.90 Å². The van der Waals surface area contributed by atoms with Crippen molar-refractivity contribution >= 4 is 25.5 Å². The zero-order valence-electron chi connectivity index (χ0n) is 14.5. The number of sulfonamides is 1. The van der Waals surface area contributed by atoms with E-state index in [1.165, 1.54) is 6.07 Å². The van der Waals surface area contributed by atoms with Crippen molar-refractivity contribution in [2.75, 3.05) is 15.8 Å². The third-order valence-corrected chi connectivity index (χ3v) is 8.19. The van der Waals surface area contributed by atoms with Crippen LogP contribution in [0.3, 0.4) is 0 Å². The van der Waals surface area contributed by atoms with E-state index >= 15 is 0 Å². The molecule has 2 aromatic rings. The van der Waals surface area contributed by atoms with Gasteiger partial charge in [-0.25, -0.2) is 16.8 Å². The molecular weight excluding hydrogens is 374 g/mol. The number of nitrogens with zero attached hydrogens (tertiary/aromatic N) is 1. The molecule has 0 bridgehead atoms. The van der Waals surface area contributed by atoms with Crippen molar-refractivity contribution in [3.63, 3.8) is 0 Å². The van der Waals surface area contributed by atoms with Gasteiger partial charge in [0.1, 0.15) is 0 Å². The molecule has 1 heterocycles. The van der Waals surface area contributed by atoms with Gasteiger partial charge in [-0.2, -0.15) is 0 Å². The first-order valence-electron chi connectivity index (χ1n) is 8.17. The molecule has 1 saturated heterocycles. The van der Waals surface area contributed by atoms with Gasteiger partial charge in [-0.3, -0.25) is 4.31 Å². The molecule has 8 heteroatoms. The van der Waals surface area contributed by atoms with Gasteiger partial charge in [0.2, 0.25) is 0 Å². The monoisotopic (exact) mass is 395 g/mol. The largest absolute Gasteiger partial charge is 0.390 e. The van der Waals surface area contributed by atoms with Crippen LogP contribution >= 0.6 is 0 Å². The van der Waals surface area contributed by atoms with Gasteiger partial charge in [-0.05, 0) is 49.2 Å². The van der Waals surface area contributed by atoms with E-state index in [0.717, 1.165) is 15.4 Å². The first-order chi connectivity index (χ1) is 12.1. The molecule has 1 N–H and O–H groups in total. The quantitative estimate of drug-likeness (QED) is 0.850. The molecule has 0 unspecified atom stereocenters. The average molecular weight is 396 g/mol. The van der Waals surface area contributed by atoms with Crippen molar-refractivity contribution in [1.29, 1.82) is 0 Å². The van der Waals surface area contributed by atoms with E-state index in [0.29, 0.717) is 5.69 Å². The molecule has 0 aromatic heterocycles. The van der Waals surface area contributed by atoms with Gasteiger partial charge >= 0.3 is 0 Å². The van der Waals surface area contributed by atoms with Crippen molar-refractivity contribution < 1.29 is 21.9 Å². The molecule has 0 aliphatic carbocycles. The van der Waals surface area contributed by atoms with E-state index < -0.39 is 43.5 Å². The number of anilines is 1. The Balaban J connectivity index is 2.16. The molecule has 3 rings (SSSR count). The van der Waals surface area contributed by atoms with E-state index in [1.54, 1.807) is 42.5 Å². The van der Waals surface area contributed by atoms with E-state index in [1.807, 2.05) is 13.8 Å². The molecule has 2 atom stereocenters. The molecule has 0 amide bonds. The Morgan fingerprint density at radius 3 is 2.19 bits per heavy atom. The van der Waals surface area contributed by atoms with Gasteiger partial charge in [0.25, 0.3) is 10.0 Å². The lowest BCUT2D eigenvalue weighted by atomic mass is 10.1. The van der Waals surface area contributed by atoms with Gasteiger partial charge < -0.3 is 5.11 Å². The maximum atomic E-state index is 13.4. The number of aliphatic hydroxyl groups excluding tert-OH is 1. The lowest BCUT2D eigenvalue weighted by molar-refractivity contribution is 0.184. The molecule has 6 nitrogen and oxygen atoms in total. The van der Waals surface area contributed by atoms with Gasteiger partial charge in [-0.1, -0.05) is 24.3 Å².